The summed E-state index contributed by atoms with van der Waals surface area (Å²) in [4.78, 5) is 25.8. The molecule has 2 aromatic rings. The van der Waals surface area contributed by atoms with Crippen LogP contribution in [0.5, 0.6) is 5.75 Å². The molecule has 0 aliphatic heterocycles. The zero-order valence-corrected chi connectivity index (χ0v) is 21.1. The van der Waals surface area contributed by atoms with Crippen molar-refractivity contribution in [1.82, 2.24) is 10.2 Å². The molecule has 36 heavy (non-hydrogen) atoms. The minimum atomic E-state index is -1.00. The van der Waals surface area contributed by atoms with Crippen LogP contribution in [0.4, 0.5) is 13.6 Å². The summed E-state index contributed by atoms with van der Waals surface area (Å²) >= 11 is 0. The molecule has 0 aromatic heterocycles. The summed E-state index contributed by atoms with van der Waals surface area (Å²) in [5.74, 6) is -1.47. The number of carbonyl (C=O) groups is 2. The van der Waals surface area contributed by atoms with Crippen molar-refractivity contribution in [3.63, 3.8) is 0 Å². The molecule has 0 saturated heterocycles. The number of carboxylic acids is 1. The predicted molar refractivity (Wildman–Crippen MR) is 133 cm³/mol. The topological polar surface area (TPSA) is 88.1 Å². The van der Waals surface area contributed by atoms with Crippen LogP contribution in [-0.4, -0.2) is 54.4 Å². The number of rotatable bonds is 15. The maximum atomic E-state index is 13.9. The number of aliphatic carboxylic acids is 1. The van der Waals surface area contributed by atoms with E-state index in [0.29, 0.717) is 31.4 Å². The lowest BCUT2D eigenvalue weighted by Gasteiger charge is -2.27. The Bertz CT molecular complexity index is 967. The summed E-state index contributed by atoms with van der Waals surface area (Å²) in [6.07, 6.45) is 1.17. The van der Waals surface area contributed by atoms with Gasteiger partial charge in [-0.2, -0.15) is 0 Å². The average Bonchev–Trinajstić information content (AvgIpc) is 2.86. The molecule has 7 nitrogen and oxygen atoms in total. The SMILES string of the molecule is CCOC(Cc1ccc(OCCN(CC(CC)CC)C(=O)NCc2ccc(F)cc2F)cc1)C(=O)O. The van der Waals surface area contributed by atoms with Crippen molar-refractivity contribution in [3.05, 3.63) is 65.2 Å². The number of amides is 2. The molecular formula is C27H36F2N2O5. The number of nitrogens with one attached hydrogen (secondary N) is 1. The molecule has 2 rings (SSSR count). The lowest BCUT2D eigenvalue weighted by Crippen LogP contribution is -2.44. The van der Waals surface area contributed by atoms with Crippen LogP contribution >= 0.6 is 0 Å². The Morgan fingerprint density at radius 2 is 1.75 bits per heavy atom. The molecule has 9 heteroatoms. The Hall–Kier alpha value is -3.20. The number of carboxylic acid groups (broad SMARTS) is 1. The van der Waals surface area contributed by atoms with Gasteiger partial charge in [0.05, 0.1) is 6.54 Å². The van der Waals surface area contributed by atoms with Gasteiger partial charge in [0.25, 0.3) is 0 Å². The van der Waals surface area contributed by atoms with Crippen LogP contribution in [0.15, 0.2) is 42.5 Å². The summed E-state index contributed by atoms with van der Waals surface area (Å²) in [6.45, 7) is 7.24. The summed E-state index contributed by atoms with van der Waals surface area (Å²) < 4.78 is 38.1. The molecule has 198 valence electrons. The van der Waals surface area contributed by atoms with Crippen molar-refractivity contribution in [1.29, 1.82) is 0 Å². The Labute approximate surface area is 211 Å². The first-order chi connectivity index (χ1) is 17.3. The fourth-order valence-electron chi connectivity index (χ4n) is 3.71. The Balaban J connectivity index is 1.94. The lowest BCUT2D eigenvalue weighted by atomic mass is 10.0. The fraction of sp³-hybridized carbons (Fsp3) is 0.481. The van der Waals surface area contributed by atoms with Crippen molar-refractivity contribution >= 4 is 12.0 Å². The molecule has 2 N–H and O–H groups in total. The Morgan fingerprint density at radius 3 is 2.33 bits per heavy atom. The van der Waals surface area contributed by atoms with Crippen LogP contribution in [0.25, 0.3) is 0 Å². The third-order valence-electron chi connectivity index (χ3n) is 5.98. The molecule has 1 unspecified atom stereocenters. The van der Waals surface area contributed by atoms with E-state index >= 15 is 0 Å². The first kappa shape index (κ1) is 29.0. The van der Waals surface area contributed by atoms with Gasteiger partial charge in [-0.1, -0.05) is 44.9 Å². The van der Waals surface area contributed by atoms with E-state index in [2.05, 4.69) is 19.2 Å². The van der Waals surface area contributed by atoms with Gasteiger partial charge in [-0.25, -0.2) is 18.4 Å². The monoisotopic (exact) mass is 506 g/mol. The fourth-order valence-corrected chi connectivity index (χ4v) is 3.71. The number of urea groups is 1. The second kappa shape index (κ2) is 15.0. The second-order valence-corrected chi connectivity index (χ2v) is 8.50. The molecule has 0 spiro atoms. The van der Waals surface area contributed by atoms with Gasteiger partial charge in [-0.3, -0.25) is 0 Å². The van der Waals surface area contributed by atoms with E-state index in [1.54, 1.807) is 36.1 Å². The van der Waals surface area contributed by atoms with E-state index in [1.165, 1.54) is 6.07 Å². The molecule has 2 aromatic carbocycles. The van der Waals surface area contributed by atoms with Crippen molar-refractivity contribution in [2.75, 3.05) is 26.3 Å². The molecule has 1 atom stereocenters. The van der Waals surface area contributed by atoms with Crippen LogP contribution in [0, 0.1) is 17.6 Å². The smallest absolute Gasteiger partial charge is 0.333 e. The Morgan fingerprint density at radius 1 is 1.06 bits per heavy atom. The van der Waals surface area contributed by atoms with Gasteiger partial charge < -0.3 is 24.8 Å². The number of halogens is 2. The van der Waals surface area contributed by atoms with Crippen LogP contribution < -0.4 is 10.1 Å². The first-order valence-corrected chi connectivity index (χ1v) is 12.3. The number of hydrogen-bond acceptors (Lipinski definition) is 4. The number of nitrogens with zero attached hydrogens (tertiary/aromatic N) is 1. The van der Waals surface area contributed by atoms with Crippen molar-refractivity contribution in [2.45, 2.75) is 52.7 Å². The van der Waals surface area contributed by atoms with Gasteiger partial charge in [-0.05, 0) is 36.6 Å². The molecule has 0 fully saturated rings. The molecule has 0 heterocycles. The largest absolute Gasteiger partial charge is 0.492 e. The quantitative estimate of drug-likeness (QED) is 0.354. The summed E-state index contributed by atoms with van der Waals surface area (Å²) in [6, 6.07) is 10.00. The zero-order chi connectivity index (χ0) is 26.5. The van der Waals surface area contributed by atoms with Crippen LogP contribution in [0.1, 0.15) is 44.7 Å². The predicted octanol–water partition coefficient (Wildman–Crippen LogP) is 5.02. The van der Waals surface area contributed by atoms with Gasteiger partial charge in [0, 0.05) is 37.7 Å². The van der Waals surface area contributed by atoms with Crippen molar-refractivity contribution < 1.29 is 33.0 Å². The van der Waals surface area contributed by atoms with Gasteiger partial charge >= 0.3 is 12.0 Å². The highest BCUT2D eigenvalue weighted by molar-refractivity contribution is 5.74. The van der Waals surface area contributed by atoms with E-state index in [4.69, 9.17) is 9.47 Å². The molecule has 0 aliphatic carbocycles. The minimum Gasteiger partial charge on any atom is -0.492 e. The molecular weight excluding hydrogens is 470 g/mol. The number of carbonyl (C=O) groups excluding carboxylic acids is 1. The molecule has 0 bridgehead atoms. The van der Waals surface area contributed by atoms with Crippen LogP contribution in [0.2, 0.25) is 0 Å². The van der Waals surface area contributed by atoms with Gasteiger partial charge in [0.2, 0.25) is 0 Å². The molecule has 0 aliphatic rings. The highest BCUT2D eigenvalue weighted by atomic mass is 19.1. The number of benzene rings is 2. The molecule has 0 radical (unpaired) electrons. The minimum absolute atomic E-state index is 0.0498. The van der Waals surface area contributed by atoms with Gasteiger partial charge in [-0.15, -0.1) is 0 Å². The standard InChI is InChI=1S/C27H36F2N2O5/c1-4-19(5-2)18-31(27(34)30-17-21-9-10-22(28)16-24(21)29)13-14-36-23-11-7-20(8-12-23)15-25(26(32)33)35-6-3/h7-12,16,19,25H,4-6,13-15,17-18H2,1-3H3,(H,30,34)(H,32,33). The average molecular weight is 507 g/mol. The highest BCUT2D eigenvalue weighted by Gasteiger charge is 2.19. The summed E-state index contributed by atoms with van der Waals surface area (Å²) in [7, 11) is 0. The summed E-state index contributed by atoms with van der Waals surface area (Å²) in [5.41, 5.74) is 1.02. The van der Waals surface area contributed by atoms with E-state index in [0.717, 1.165) is 30.5 Å². The van der Waals surface area contributed by atoms with Crippen molar-refractivity contribution in [3.8, 4) is 5.75 Å². The van der Waals surface area contributed by atoms with E-state index in [9.17, 15) is 23.5 Å². The maximum Gasteiger partial charge on any atom is 0.333 e. The summed E-state index contributed by atoms with van der Waals surface area (Å²) in [5, 5.41) is 12.0. The van der Waals surface area contributed by atoms with E-state index in [1.807, 2.05) is 0 Å². The van der Waals surface area contributed by atoms with Crippen LogP contribution in [0.3, 0.4) is 0 Å². The third-order valence-corrected chi connectivity index (χ3v) is 5.98. The van der Waals surface area contributed by atoms with Crippen LogP contribution in [-0.2, 0) is 22.5 Å². The van der Waals surface area contributed by atoms with E-state index in [-0.39, 0.29) is 31.2 Å². The van der Waals surface area contributed by atoms with Gasteiger partial charge in [0.15, 0.2) is 6.10 Å². The third kappa shape index (κ3) is 9.45. The molecule has 2 amide bonds. The second-order valence-electron chi connectivity index (χ2n) is 8.50. The normalized spacial score (nSPS) is 11.8. The van der Waals surface area contributed by atoms with E-state index < -0.39 is 23.7 Å². The highest BCUT2D eigenvalue weighted by Crippen LogP contribution is 2.16. The molecule has 0 saturated carbocycles. The number of hydrogen-bond donors (Lipinski definition) is 2. The zero-order valence-electron chi connectivity index (χ0n) is 21.1. The first-order valence-electron chi connectivity index (χ1n) is 12.3. The lowest BCUT2D eigenvalue weighted by molar-refractivity contribution is -0.149. The van der Waals surface area contributed by atoms with Crippen molar-refractivity contribution in [2.24, 2.45) is 5.92 Å². The maximum absolute atomic E-state index is 13.9. The Kier molecular flexibility index (Phi) is 12.1. The number of ether oxygens (including phenoxy) is 2. The van der Waals surface area contributed by atoms with Gasteiger partial charge in [0.1, 0.15) is 24.0 Å².